The first-order chi connectivity index (χ1) is 11.6. The number of hydrogen-bond donors (Lipinski definition) is 3. The molecule has 25 heavy (non-hydrogen) atoms. The minimum absolute atomic E-state index is 0.140. The molecule has 1 fully saturated rings. The average molecular weight is 348 g/mol. The summed E-state index contributed by atoms with van der Waals surface area (Å²) in [5.74, 6) is -2.45. The summed E-state index contributed by atoms with van der Waals surface area (Å²) in [4.78, 5) is 35.4. The number of amides is 2. The Morgan fingerprint density at radius 1 is 1.16 bits per heavy atom. The zero-order valence-corrected chi connectivity index (χ0v) is 15.0. The fraction of sp³-hybridized carbons (Fsp3) is 0.500. The molecule has 1 aromatic carbocycles. The molecular formula is C18H24N2O5. The fourth-order valence-corrected chi connectivity index (χ4v) is 2.96. The van der Waals surface area contributed by atoms with Crippen molar-refractivity contribution in [2.24, 2.45) is 23.2 Å². The molecular weight excluding hydrogens is 324 g/mol. The molecule has 2 rings (SSSR count). The van der Waals surface area contributed by atoms with E-state index in [1.165, 1.54) is 7.11 Å². The highest BCUT2D eigenvalue weighted by molar-refractivity contribution is 6.00. The summed E-state index contributed by atoms with van der Waals surface area (Å²) in [5.41, 5.74) is 0.427. The van der Waals surface area contributed by atoms with Gasteiger partial charge in [0.15, 0.2) is 0 Å². The highest BCUT2D eigenvalue weighted by Gasteiger charge is 2.65. The van der Waals surface area contributed by atoms with Crippen molar-refractivity contribution in [1.82, 2.24) is 0 Å². The van der Waals surface area contributed by atoms with Crippen LogP contribution in [0, 0.1) is 23.2 Å². The molecule has 7 nitrogen and oxygen atoms in total. The lowest BCUT2D eigenvalue weighted by Gasteiger charge is -2.14. The molecule has 1 saturated carbocycles. The van der Waals surface area contributed by atoms with Crippen LogP contribution < -0.4 is 15.4 Å². The first-order valence-electron chi connectivity index (χ1n) is 8.12. The Labute approximate surface area is 146 Å². The van der Waals surface area contributed by atoms with Crippen LogP contribution >= 0.6 is 0 Å². The highest BCUT2D eigenvalue weighted by Crippen LogP contribution is 2.58. The smallest absolute Gasteiger partial charge is 0.307 e. The van der Waals surface area contributed by atoms with E-state index < -0.39 is 23.2 Å². The second-order valence-electron chi connectivity index (χ2n) is 7.16. The van der Waals surface area contributed by atoms with Crippen LogP contribution in [0.4, 0.5) is 11.4 Å². The van der Waals surface area contributed by atoms with E-state index in [0.29, 0.717) is 17.1 Å². The Bertz CT molecular complexity index is 711. The van der Waals surface area contributed by atoms with E-state index >= 15 is 0 Å². The Morgan fingerprint density at radius 3 is 2.28 bits per heavy atom. The third-order valence-corrected chi connectivity index (χ3v) is 4.63. The maximum atomic E-state index is 12.4. The molecule has 2 atom stereocenters. The zero-order valence-electron chi connectivity index (χ0n) is 15.0. The largest absolute Gasteiger partial charge is 0.494 e. The van der Waals surface area contributed by atoms with Gasteiger partial charge in [0.1, 0.15) is 5.75 Å². The van der Waals surface area contributed by atoms with Crippen LogP contribution in [-0.4, -0.2) is 30.0 Å². The van der Waals surface area contributed by atoms with Gasteiger partial charge < -0.3 is 20.5 Å². The van der Waals surface area contributed by atoms with Gasteiger partial charge in [0.25, 0.3) is 0 Å². The molecule has 0 bridgehead atoms. The maximum absolute atomic E-state index is 12.4. The average Bonchev–Trinajstić information content (AvgIpc) is 3.11. The number of nitrogens with one attached hydrogen (secondary N) is 2. The molecule has 0 spiro atoms. The summed E-state index contributed by atoms with van der Waals surface area (Å²) in [6.07, 6.45) is 0. The van der Waals surface area contributed by atoms with Gasteiger partial charge in [0.05, 0.1) is 24.6 Å². The number of rotatable bonds is 6. The van der Waals surface area contributed by atoms with Gasteiger partial charge in [-0.05, 0) is 17.5 Å². The van der Waals surface area contributed by atoms with Crippen LogP contribution in [0.5, 0.6) is 5.75 Å². The molecule has 0 aliphatic heterocycles. The van der Waals surface area contributed by atoms with Crippen molar-refractivity contribution in [2.45, 2.75) is 27.7 Å². The molecule has 0 aromatic heterocycles. The van der Waals surface area contributed by atoms with E-state index in [0.717, 1.165) is 0 Å². The molecule has 3 N–H and O–H groups in total. The second kappa shape index (κ2) is 6.74. The maximum Gasteiger partial charge on any atom is 0.307 e. The predicted molar refractivity (Wildman–Crippen MR) is 93.5 cm³/mol. The molecule has 2 amide bonds. The first kappa shape index (κ1) is 18.8. The highest BCUT2D eigenvalue weighted by atomic mass is 16.5. The number of carboxylic acids is 1. The third kappa shape index (κ3) is 3.75. The molecule has 0 saturated heterocycles. The van der Waals surface area contributed by atoms with Gasteiger partial charge in [-0.15, -0.1) is 0 Å². The van der Waals surface area contributed by atoms with Crippen LogP contribution in [0.1, 0.15) is 27.7 Å². The molecule has 0 radical (unpaired) electrons. The second-order valence-corrected chi connectivity index (χ2v) is 7.16. The topological polar surface area (TPSA) is 105 Å². The monoisotopic (exact) mass is 348 g/mol. The third-order valence-electron chi connectivity index (χ3n) is 4.63. The number of anilines is 2. The van der Waals surface area contributed by atoms with Crippen molar-refractivity contribution < 1.29 is 24.2 Å². The SMILES string of the molecule is COc1cc(NC(=O)[C@H]2[C@@H](C(=O)O)C2(C)C)ccc1NC(=O)C(C)C. The van der Waals surface area contributed by atoms with Crippen molar-refractivity contribution in [3.63, 3.8) is 0 Å². The molecule has 1 aliphatic carbocycles. The van der Waals surface area contributed by atoms with E-state index in [1.54, 1.807) is 45.9 Å². The van der Waals surface area contributed by atoms with E-state index in [4.69, 9.17) is 4.74 Å². The van der Waals surface area contributed by atoms with Crippen LogP contribution in [0.2, 0.25) is 0 Å². The van der Waals surface area contributed by atoms with E-state index in [1.807, 2.05) is 0 Å². The van der Waals surface area contributed by atoms with Crippen molar-refractivity contribution in [3.8, 4) is 5.75 Å². The summed E-state index contributed by atoms with van der Waals surface area (Å²) in [7, 11) is 1.47. The first-order valence-corrected chi connectivity index (χ1v) is 8.12. The van der Waals surface area contributed by atoms with Crippen molar-refractivity contribution >= 4 is 29.2 Å². The minimum atomic E-state index is -0.963. The van der Waals surface area contributed by atoms with Crippen molar-refractivity contribution in [1.29, 1.82) is 0 Å². The number of carbonyl (C=O) groups excluding carboxylic acids is 2. The van der Waals surface area contributed by atoms with Gasteiger partial charge in [0, 0.05) is 17.7 Å². The molecule has 136 valence electrons. The summed E-state index contributed by atoms with van der Waals surface area (Å²) < 4.78 is 5.26. The molecule has 0 heterocycles. The quantitative estimate of drug-likeness (QED) is 0.733. The van der Waals surface area contributed by atoms with Crippen molar-refractivity contribution in [2.75, 3.05) is 17.7 Å². The lowest BCUT2D eigenvalue weighted by atomic mass is 10.1. The predicted octanol–water partition coefficient (Wildman–Crippen LogP) is 2.59. The Balaban J connectivity index is 2.12. The van der Waals surface area contributed by atoms with Crippen LogP contribution in [-0.2, 0) is 14.4 Å². The number of ether oxygens (including phenoxy) is 1. The van der Waals surface area contributed by atoms with Crippen LogP contribution in [0.3, 0.4) is 0 Å². The molecule has 0 unspecified atom stereocenters. The molecule has 7 heteroatoms. The zero-order chi connectivity index (χ0) is 18.9. The van der Waals surface area contributed by atoms with E-state index in [2.05, 4.69) is 10.6 Å². The summed E-state index contributed by atoms with van der Waals surface area (Å²) in [5, 5.41) is 14.7. The number of methoxy groups -OCH3 is 1. The molecule has 1 aliphatic rings. The molecule has 1 aromatic rings. The lowest BCUT2D eigenvalue weighted by molar-refractivity contribution is -0.140. The number of carbonyl (C=O) groups is 3. The van der Waals surface area contributed by atoms with E-state index in [9.17, 15) is 19.5 Å². The fourth-order valence-electron chi connectivity index (χ4n) is 2.96. The van der Waals surface area contributed by atoms with Gasteiger partial charge in [-0.2, -0.15) is 0 Å². The Hall–Kier alpha value is -2.57. The number of hydrogen-bond acceptors (Lipinski definition) is 4. The van der Waals surface area contributed by atoms with Crippen molar-refractivity contribution in [3.05, 3.63) is 18.2 Å². The number of benzene rings is 1. The lowest BCUT2D eigenvalue weighted by Crippen LogP contribution is -2.19. The van der Waals surface area contributed by atoms with Gasteiger partial charge in [-0.3, -0.25) is 14.4 Å². The van der Waals surface area contributed by atoms with Crippen LogP contribution in [0.25, 0.3) is 0 Å². The number of aliphatic carboxylic acids is 1. The number of carboxylic acid groups (broad SMARTS) is 1. The van der Waals surface area contributed by atoms with E-state index in [-0.39, 0.29) is 17.7 Å². The van der Waals surface area contributed by atoms with Gasteiger partial charge in [-0.1, -0.05) is 27.7 Å². The summed E-state index contributed by atoms with van der Waals surface area (Å²) in [6.45, 7) is 7.10. The standard InChI is InChI=1S/C18H24N2O5/c1-9(2)15(21)20-11-7-6-10(8-12(11)25-5)19-16(22)13-14(17(23)24)18(13,3)4/h6-9,13-14H,1-5H3,(H,19,22)(H,20,21)(H,23,24)/t13-,14+/m1/s1. The van der Waals surface area contributed by atoms with Crippen LogP contribution in [0.15, 0.2) is 18.2 Å². The Morgan fingerprint density at radius 2 is 1.80 bits per heavy atom. The Kier molecular flexibility index (Phi) is 5.06. The van der Waals surface area contributed by atoms with Gasteiger partial charge in [-0.25, -0.2) is 0 Å². The normalized spacial score (nSPS) is 20.7. The van der Waals surface area contributed by atoms with Gasteiger partial charge in [0.2, 0.25) is 11.8 Å². The minimum Gasteiger partial charge on any atom is -0.494 e. The summed E-state index contributed by atoms with van der Waals surface area (Å²) in [6, 6.07) is 4.88. The summed E-state index contributed by atoms with van der Waals surface area (Å²) >= 11 is 0. The van der Waals surface area contributed by atoms with Gasteiger partial charge >= 0.3 is 5.97 Å².